The Morgan fingerprint density at radius 2 is 1.83 bits per heavy atom. The molecule has 23 heavy (non-hydrogen) atoms. The van der Waals surface area contributed by atoms with Gasteiger partial charge in [0, 0.05) is 0 Å². The predicted octanol–water partition coefficient (Wildman–Crippen LogP) is -0.783. The highest BCUT2D eigenvalue weighted by Gasteiger charge is 2.44. The molecule has 2 unspecified atom stereocenters. The molecular weight excluding hydrogens is 325 g/mol. The van der Waals surface area contributed by atoms with E-state index in [2.05, 4.69) is 5.32 Å². The summed E-state index contributed by atoms with van der Waals surface area (Å²) in [6, 6.07) is -2.52. The summed E-state index contributed by atoms with van der Waals surface area (Å²) in [5.41, 5.74) is 9.73. The number of amides is 1. The second-order valence-electron chi connectivity index (χ2n) is 5.44. The summed E-state index contributed by atoms with van der Waals surface area (Å²) >= 11 is 0. The van der Waals surface area contributed by atoms with Gasteiger partial charge in [0.05, 0.1) is 12.2 Å². The Balaban J connectivity index is 5.33. The molecule has 0 aromatic carbocycles. The van der Waals surface area contributed by atoms with Crippen LogP contribution in [0.4, 0.5) is 0 Å². The third-order valence-corrected chi connectivity index (χ3v) is 4.17. The van der Waals surface area contributed by atoms with E-state index < -0.39 is 49.5 Å². The molecule has 134 valence electrons. The summed E-state index contributed by atoms with van der Waals surface area (Å²) in [5.74, 6) is -3.14. The summed E-state index contributed by atoms with van der Waals surface area (Å²) in [5, 5.41) is 11.1. The van der Waals surface area contributed by atoms with Crippen molar-refractivity contribution in [3.63, 3.8) is 0 Å². The zero-order chi connectivity index (χ0) is 18.2. The summed E-state index contributed by atoms with van der Waals surface area (Å²) in [7, 11) is -3.12. The van der Waals surface area contributed by atoms with Crippen molar-refractivity contribution in [1.82, 2.24) is 5.32 Å². The lowest BCUT2D eigenvalue weighted by atomic mass is 9.84. The number of carbonyl (C=O) groups excluding carboxylic acids is 2. The molecule has 9 nitrogen and oxygen atoms in total. The number of nitrogens with one attached hydrogen (secondary N) is 1. The molecule has 0 aliphatic carbocycles. The van der Waals surface area contributed by atoms with E-state index >= 15 is 0 Å². The number of Topliss-reactive ketones (excluding diaryl/α,β-unsaturated/α-hetero) is 1. The number of rotatable bonds is 11. The molecule has 1 amide bonds. The van der Waals surface area contributed by atoms with E-state index in [4.69, 9.17) is 21.5 Å². The zero-order valence-electron chi connectivity index (χ0n) is 13.4. The number of carbonyl (C=O) groups is 3. The number of hydrogen-bond donors (Lipinski definition) is 5. The standard InChI is InChI=1S/C13H26N3O6P/c1-3-5-8(14)10(17)13(15,6-4-2)12(20)16-9(11(18)19)7-23(21)22/h8-9,23H,3-7,14-15H2,1-2H3,(H,16,20)(H,18,19)(H,21,22)/t8-,9?,13+/m0/s1. The van der Waals surface area contributed by atoms with Gasteiger partial charge in [0.1, 0.15) is 6.04 Å². The van der Waals surface area contributed by atoms with Crippen LogP contribution in [0.2, 0.25) is 0 Å². The van der Waals surface area contributed by atoms with Crippen LogP contribution in [0.5, 0.6) is 0 Å². The smallest absolute Gasteiger partial charge is 0.326 e. The van der Waals surface area contributed by atoms with Crippen molar-refractivity contribution < 1.29 is 28.9 Å². The largest absolute Gasteiger partial charge is 0.480 e. The monoisotopic (exact) mass is 351 g/mol. The van der Waals surface area contributed by atoms with Crippen LogP contribution >= 0.6 is 8.03 Å². The van der Waals surface area contributed by atoms with E-state index in [-0.39, 0.29) is 6.42 Å². The van der Waals surface area contributed by atoms with Crippen molar-refractivity contribution in [2.24, 2.45) is 11.5 Å². The van der Waals surface area contributed by atoms with Gasteiger partial charge >= 0.3 is 5.97 Å². The number of hydrogen-bond acceptors (Lipinski definition) is 6. The van der Waals surface area contributed by atoms with Crippen molar-refractivity contribution in [2.75, 3.05) is 6.16 Å². The Kier molecular flexibility index (Phi) is 9.23. The number of carboxylic acid groups (broad SMARTS) is 1. The minimum Gasteiger partial charge on any atom is -0.480 e. The van der Waals surface area contributed by atoms with E-state index in [1.165, 1.54) is 0 Å². The van der Waals surface area contributed by atoms with E-state index in [9.17, 15) is 18.9 Å². The summed E-state index contributed by atoms with van der Waals surface area (Å²) < 4.78 is 10.9. The molecule has 4 atom stereocenters. The minimum absolute atomic E-state index is 0.00424. The van der Waals surface area contributed by atoms with Gasteiger partial charge < -0.3 is 26.8 Å². The molecule has 0 saturated carbocycles. The topological polar surface area (TPSA) is 173 Å². The Morgan fingerprint density at radius 3 is 2.22 bits per heavy atom. The van der Waals surface area contributed by atoms with Gasteiger partial charge in [-0.1, -0.05) is 26.7 Å². The summed E-state index contributed by atoms with van der Waals surface area (Å²) in [6.45, 7) is 3.54. The molecule has 10 heteroatoms. The number of ketones is 1. The van der Waals surface area contributed by atoms with E-state index in [0.717, 1.165) is 0 Å². The molecular formula is C13H26N3O6P. The zero-order valence-corrected chi connectivity index (χ0v) is 14.4. The van der Waals surface area contributed by atoms with Crippen LogP contribution in [0.3, 0.4) is 0 Å². The highest BCUT2D eigenvalue weighted by atomic mass is 31.1. The Bertz CT molecular complexity index is 473. The first kappa shape index (κ1) is 21.7. The maximum atomic E-state index is 12.4. The normalized spacial score (nSPS) is 17.6. The van der Waals surface area contributed by atoms with E-state index in [1.54, 1.807) is 6.92 Å². The molecule has 0 aromatic rings. The Labute approximate surface area is 135 Å². The van der Waals surface area contributed by atoms with Gasteiger partial charge in [0.15, 0.2) is 19.4 Å². The van der Waals surface area contributed by atoms with Crippen LogP contribution in [-0.2, 0) is 18.9 Å². The van der Waals surface area contributed by atoms with Gasteiger partial charge in [-0.15, -0.1) is 0 Å². The van der Waals surface area contributed by atoms with Gasteiger partial charge in [0.2, 0.25) is 5.91 Å². The predicted molar refractivity (Wildman–Crippen MR) is 85.4 cm³/mol. The van der Waals surface area contributed by atoms with Gasteiger partial charge in [-0.3, -0.25) is 14.2 Å². The number of aliphatic carboxylic acids is 1. The van der Waals surface area contributed by atoms with Gasteiger partial charge in [-0.2, -0.15) is 0 Å². The quantitative estimate of drug-likeness (QED) is 0.238. The van der Waals surface area contributed by atoms with Crippen LogP contribution < -0.4 is 16.8 Å². The molecule has 0 aliphatic heterocycles. The number of carboxylic acids is 1. The van der Waals surface area contributed by atoms with Crippen molar-refractivity contribution in [2.45, 2.75) is 57.2 Å². The van der Waals surface area contributed by atoms with E-state index in [0.29, 0.717) is 19.3 Å². The minimum atomic E-state index is -3.12. The SMILES string of the molecule is CCC[C@H](N)C(=O)[C@](N)(CCC)C(=O)NC(C[PH](=O)O)C(=O)O. The fraction of sp³-hybridized carbons (Fsp3) is 0.769. The van der Waals surface area contributed by atoms with Crippen molar-refractivity contribution in [1.29, 1.82) is 0 Å². The lowest BCUT2D eigenvalue weighted by Gasteiger charge is -2.30. The van der Waals surface area contributed by atoms with Crippen LogP contribution in [0.1, 0.15) is 39.5 Å². The first-order valence-corrected chi connectivity index (χ1v) is 9.00. The average molecular weight is 351 g/mol. The van der Waals surface area contributed by atoms with Crippen LogP contribution in [0.25, 0.3) is 0 Å². The van der Waals surface area contributed by atoms with E-state index in [1.807, 2.05) is 6.92 Å². The molecule has 0 bridgehead atoms. The van der Waals surface area contributed by atoms with Gasteiger partial charge in [0.25, 0.3) is 0 Å². The second kappa shape index (κ2) is 9.77. The van der Waals surface area contributed by atoms with Crippen LogP contribution in [0.15, 0.2) is 0 Å². The highest BCUT2D eigenvalue weighted by molar-refractivity contribution is 7.38. The average Bonchev–Trinajstić information content (AvgIpc) is 2.45. The lowest BCUT2D eigenvalue weighted by molar-refractivity contribution is -0.144. The third kappa shape index (κ3) is 6.39. The molecule has 0 heterocycles. The molecule has 0 aromatic heterocycles. The fourth-order valence-corrected chi connectivity index (χ4v) is 2.80. The molecule has 0 saturated heterocycles. The highest BCUT2D eigenvalue weighted by Crippen LogP contribution is 2.18. The Hall–Kier alpha value is -1.28. The van der Waals surface area contributed by atoms with Crippen LogP contribution in [0, 0.1) is 0 Å². The van der Waals surface area contributed by atoms with Crippen LogP contribution in [-0.4, -0.2) is 51.4 Å². The fourth-order valence-electron chi connectivity index (χ4n) is 2.18. The van der Waals surface area contributed by atoms with Crippen molar-refractivity contribution in [3.8, 4) is 0 Å². The van der Waals surface area contributed by atoms with Crippen molar-refractivity contribution in [3.05, 3.63) is 0 Å². The number of nitrogens with two attached hydrogens (primary N) is 2. The molecule has 0 aliphatic rings. The maximum Gasteiger partial charge on any atom is 0.326 e. The maximum absolute atomic E-state index is 12.4. The molecule has 0 radical (unpaired) electrons. The molecule has 7 N–H and O–H groups in total. The first-order chi connectivity index (χ1) is 10.6. The first-order valence-electron chi connectivity index (χ1n) is 7.44. The summed E-state index contributed by atoms with van der Waals surface area (Å²) in [6.07, 6.45) is 0.740. The summed E-state index contributed by atoms with van der Waals surface area (Å²) in [4.78, 5) is 44.7. The molecule has 0 rings (SSSR count). The van der Waals surface area contributed by atoms with Gasteiger partial charge in [-0.05, 0) is 12.8 Å². The van der Waals surface area contributed by atoms with Gasteiger partial charge in [-0.25, -0.2) is 4.79 Å². The van der Waals surface area contributed by atoms with Crippen molar-refractivity contribution >= 4 is 25.7 Å². The Morgan fingerprint density at radius 1 is 1.26 bits per heavy atom. The molecule has 0 spiro atoms. The molecule has 0 fully saturated rings. The second-order valence-corrected chi connectivity index (χ2v) is 6.64. The third-order valence-electron chi connectivity index (χ3n) is 3.41. The lowest BCUT2D eigenvalue weighted by Crippen LogP contribution is -2.65.